The zero-order chi connectivity index (χ0) is 15.5. The van der Waals surface area contributed by atoms with Gasteiger partial charge in [-0.15, -0.1) is 0 Å². The van der Waals surface area contributed by atoms with Crippen LogP contribution < -0.4 is 4.74 Å². The summed E-state index contributed by atoms with van der Waals surface area (Å²) in [4.78, 5) is 10.7. The molecule has 2 rings (SSSR count). The third-order valence-corrected chi connectivity index (χ3v) is 2.64. The summed E-state index contributed by atoms with van der Waals surface area (Å²) >= 11 is 0. The Morgan fingerprint density at radius 2 is 1.81 bits per heavy atom. The molecule has 0 unspecified atom stereocenters. The first-order valence-corrected chi connectivity index (χ1v) is 5.79. The number of ether oxygens (including phenoxy) is 1. The third kappa shape index (κ3) is 3.20. The van der Waals surface area contributed by atoms with E-state index < -0.39 is 17.5 Å². The molecule has 0 saturated carbocycles. The first kappa shape index (κ1) is 14.6. The summed E-state index contributed by atoms with van der Waals surface area (Å²) in [5, 5.41) is 8.99. The van der Waals surface area contributed by atoms with Crippen LogP contribution in [0, 0.1) is 11.3 Å². The van der Waals surface area contributed by atoms with E-state index in [0.717, 1.165) is 6.07 Å². The number of rotatable bonds is 3. The van der Waals surface area contributed by atoms with Crippen molar-refractivity contribution >= 4 is 6.29 Å². The van der Waals surface area contributed by atoms with Crippen LogP contribution in [0.2, 0.25) is 0 Å². The summed E-state index contributed by atoms with van der Waals surface area (Å²) < 4.78 is 44.4. The molecule has 2 aromatic carbocycles. The zero-order valence-corrected chi connectivity index (χ0v) is 10.5. The fraction of sp³-hybridized carbons (Fsp3) is 0.0667. The van der Waals surface area contributed by atoms with Crippen LogP contribution in [-0.2, 0) is 6.18 Å². The van der Waals surface area contributed by atoms with E-state index in [9.17, 15) is 18.0 Å². The number of aldehydes is 1. The largest absolute Gasteiger partial charge is 0.455 e. The van der Waals surface area contributed by atoms with Crippen LogP contribution in [0.3, 0.4) is 0 Å². The van der Waals surface area contributed by atoms with Crippen LogP contribution in [-0.4, -0.2) is 6.29 Å². The molecule has 0 fully saturated rings. The van der Waals surface area contributed by atoms with Gasteiger partial charge in [-0.1, -0.05) is 18.2 Å². The van der Waals surface area contributed by atoms with Gasteiger partial charge in [-0.25, -0.2) is 0 Å². The fourth-order valence-corrected chi connectivity index (χ4v) is 1.73. The average Bonchev–Trinajstić information content (AvgIpc) is 2.47. The maximum absolute atomic E-state index is 13.1. The van der Waals surface area contributed by atoms with Crippen molar-refractivity contribution in [2.24, 2.45) is 0 Å². The van der Waals surface area contributed by atoms with Crippen molar-refractivity contribution in [3.63, 3.8) is 0 Å². The lowest BCUT2D eigenvalue weighted by Crippen LogP contribution is -2.09. The smallest absolute Gasteiger partial charge is 0.420 e. The van der Waals surface area contributed by atoms with Gasteiger partial charge in [0.1, 0.15) is 23.7 Å². The highest BCUT2D eigenvalue weighted by Crippen LogP contribution is 2.40. The molecule has 0 aliphatic rings. The van der Waals surface area contributed by atoms with E-state index in [1.807, 2.05) is 0 Å². The van der Waals surface area contributed by atoms with Crippen LogP contribution >= 0.6 is 0 Å². The maximum Gasteiger partial charge on any atom is 0.420 e. The van der Waals surface area contributed by atoms with E-state index in [2.05, 4.69) is 0 Å². The van der Waals surface area contributed by atoms with Crippen molar-refractivity contribution in [2.75, 3.05) is 0 Å². The van der Waals surface area contributed by atoms with Crippen molar-refractivity contribution in [2.45, 2.75) is 6.18 Å². The third-order valence-electron chi connectivity index (χ3n) is 2.64. The Bertz CT molecular complexity index is 703. The van der Waals surface area contributed by atoms with Gasteiger partial charge in [-0.05, 0) is 24.3 Å². The highest BCUT2D eigenvalue weighted by molar-refractivity contribution is 5.77. The highest BCUT2D eigenvalue weighted by Gasteiger charge is 2.36. The molecule has 0 spiro atoms. The normalized spacial score (nSPS) is 10.8. The van der Waals surface area contributed by atoms with Crippen LogP contribution in [0.4, 0.5) is 13.2 Å². The molecular weight excluding hydrogens is 283 g/mol. The molecule has 6 heteroatoms. The minimum absolute atomic E-state index is 0.165. The summed E-state index contributed by atoms with van der Waals surface area (Å²) in [5.41, 5.74) is -1.75. The second kappa shape index (κ2) is 5.67. The Morgan fingerprint density at radius 3 is 2.33 bits per heavy atom. The molecule has 0 aliphatic carbocycles. The summed E-state index contributed by atoms with van der Waals surface area (Å²) in [6.45, 7) is 0. The van der Waals surface area contributed by atoms with Gasteiger partial charge in [0.25, 0.3) is 0 Å². The Balaban J connectivity index is 2.62. The van der Waals surface area contributed by atoms with E-state index in [-0.39, 0.29) is 23.2 Å². The van der Waals surface area contributed by atoms with Gasteiger partial charge in [0.2, 0.25) is 0 Å². The molecule has 0 amide bonds. The first-order chi connectivity index (χ1) is 9.95. The van der Waals surface area contributed by atoms with E-state index in [0.29, 0.717) is 6.07 Å². The molecule has 0 atom stereocenters. The predicted octanol–water partition coefficient (Wildman–Crippen LogP) is 4.18. The Hall–Kier alpha value is -2.81. The van der Waals surface area contributed by atoms with Gasteiger partial charge in [0.05, 0.1) is 5.56 Å². The molecule has 106 valence electrons. The van der Waals surface area contributed by atoms with Gasteiger partial charge < -0.3 is 4.74 Å². The number of hydrogen-bond donors (Lipinski definition) is 0. The van der Waals surface area contributed by atoms with Crippen LogP contribution in [0.25, 0.3) is 0 Å². The van der Waals surface area contributed by atoms with Gasteiger partial charge in [-0.2, -0.15) is 18.4 Å². The second-order valence-corrected chi connectivity index (χ2v) is 4.09. The lowest BCUT2D eigenvalue weighted by atomic mass is 10.0. The van der Waals surface area contributed by atoms with Crippen molar-refractivity contribution in [3.8, 4) is 17.6 Å². The van der Waals surface area contributed by atoms with E-state index >= 15 is 0 Å². The minimum atomic E-state index is -4.74. The number of carbonyl (C=O) groups excluding carboxylic acids is 1. The molecule has 0 heterocycles. The van der Waals surface area contributed by atoms with Crippen molar-refractivity contribution in [1.29, 1.82) is 5.26 Å². The average molecular weight is 291 g/mol. The Labute approximate surface area is 118 Å². The molecule has 0 N–H and O–H groups in total. The maximum atomic E-state index is 13.1. The molecule has 3 nitrogen and oxygen atoms in total. The molecule has 0 aromatic heterocycles. The molecule has 2 aromatic rings. The number of alkyl halides is 3. The number of hydrogen-bond acceptors (Lipinski definition) is 3. The first-order valence-electron chi connectivity index (χ1n) is 5.79. The molecule has 0 bridgehead atoms. The number of benzene rings is 2. The van der Waals surface area contributed by atoms with Gasteiger partial charge >= 0.3 is 6.18 Å². The SMILES string of the molecule is N#Cc1cc(C=O)cc(C(F)(F)F)c1Oc1ccccc1. The fourth-order valence-electron chi connectivity index (χ4n) is 1.73. The lowest BCUT2D eigenvalue weighted by molar-refractivity contribution is -0.138. The zero-order valence-electron chi connectivity index (χ0n) is 10.5. The molecule has 21 heavy (non-hydrogen) atoms. The summed E-state index contributed by atoms with van der Waals surface area (Å²) in [6, 6.07) is 11.1. The van der Waals surface area contributed by atoms with Crippen LogP contribution in [0.5, 0.6) is 11.5 Å². The van der Waals surface area contributed by atoms with E-state index in [4.69, 9.17) is 10.00 Å². The summed E-state index contributed by atoms with van der Waals surface area (Å²) in [6.07, 6.45) is -4.49. The highest BCUT2D eigenvalue weighted by atomic mass is 19.4. The molecule has 0 radical (unpaired) electrons. The second-order valence-electron chi connectivity index (χ2n) is 4.09. The predicted molar refractivity (Wildman–Crippen MR) is 68.1 cm³/mol. The quantitative estimate of drug-likeness (QED) is 0.797. The van der Waals surface area contributed by atoms with Crippen LogP contribution in [0.15, 0.2) is 42.5 Å². The number of nitrogens with zero attached hydrogens (tertiary/aromatic N) is 1. The van der Waals surface area contributed by atoms with Crippen molar-refractivity contribution < 1.29 is 22.7 Å². The number of para-hydroxylation sites is 1. The molecule has 0 saturated heterocycles. The molecular formula is C15H8F3NO2. The number of carbonyl (C=O) groups is 1. The van der Waals surface area contributed by atoms with Gasteiger partial charge in [0.15, 0.2) is 5.75 Å². The number of nitriles is 1. The summed E-state index contributed by atoms with van der Waals surface area (Å²) in [5.74, 6) is -0.444. The monoisotopic (exact) mass is 291 g/mol. The standard InChI is InChI=1S/C15H8F3NO2/c16-15(17,18)13-7-10(9-20)6-11(8-19)14(13)21-12-4-2-1-3-5-12/h1-7,9H. The van der Waals surface area contributed by atoms with Gasteiger partial charge in [-0.3, -0.25) is 4.79 Å². The van der Waals surface area contributed by atoms with Crippen molar-refractivity contribution in [1.82, 2.24) is 0 Å². The van der Waals surface area contributed by atoms with E-state index in [1.54, 1.807) is 24.3 Å². The van der Waals surface area contributed by atoms with Gasteiger partial charge in [0, 0.05) is 5.56 Å². The molecule has 0 aliphatic heterocycles. The number of halogens is 3. The lowest BCUT2D eigenvalue weighted by Gasteiger charge is -2.15. The topological polar surface area (TPSA) is 50.1 Å². The van der Waals surface area contributed by atoms with E-state index in [1.165, 1.54) is 12.1 Å². The van der Waals surface area contributed by atoms with Crippen molar-refractivity contribution in [3.05, 3.63) is 59.2 Å². The minimum Gasteiger partial charge on any atom is -0.455 e. The van der Waals surface area contributed by atoms with Crippen LogP contribution in [0.1, 0.15) is 21.5 Å². The summed E-state index contributed by atoms with van der Waals surface area (Å²) in [7, 11) is 0. The Morgan fingerprint density at radius 1 is 1.14 bits per heavy atom. The Kier molecular flexibility index (Phi) is 3.94.